The quantitative estimate of drug-likeness (QED) is 0.889. The van der Waals surface area contributed by atoms with E-state index in [4.69, 9.17) is 4.74 Å². The van der Waals surface area contributed by atoms with Crippen LogP contribution in [0.15, 0.2) is 6.33 Å². The molecule has 3 heterocycles. The molecule has 0 radical (unpaired) electrons. The highest BCUT2D eigenvalue weighted by Gasteiger charge is 2.42. The Morgan fingerprint density at radius 2 is 2.00 bits per heavy atom. The fourth-order valence-corrected chi connectivity index (χ4v) is 2.69. The normalized spacial score (nSPS) is 28.0. The van der Waals surface area contributed by atoms with E-state index >= 15 is 0 Å². The number of hydrogen-bond acceptors (Lipinski definition) is 6. The van der Waals surface area contributed by atoms with Gasteiger partial charge in [-0.2, -0.15) is 0 Å². The number of nitrogens with zero attached hydrogens (tertiary/aromatic N) is 4. The molecular formula is C15H24N4O3. The molecule has 0 aromatic carbocycles. The summed E-state index contributed by atoms with van der Waals surface area (Å²) in [5.74, 6) is 0.755. The van der Waals surface area contributed by atoms with Crippen LogP contribution in [-0.2, 0) is 11.2 Å². The van der Waals surface area contributed by atoms with E-state index in [1.165, 1.54) is 0 Å². The molecule has 4 atom stereocenters. The zero-order valence-corrected chi connectivity index (χ0v) is 12.4. The number of aryl methyl sites for hydroxylation is 2. The van der Waals surface area contributed by atoms with Crippen LogP contribution in [0.5, 0.6) is 0 Å². The third-order valence-electron chi connectivity index (χ3n) is 3.87. The summed E-state index contributed by atoms with van der Waals surface area (Å²) in [6.45, 7) is 5.70. The van der Waals surface area contributed by atoms with Gasteiger partial charge >= 0.3 is 0 Å². The number of imidazole rings is 1. The zero-order chi connectivity index (χ0) is 15.1. The van der Waals surface area contributed by atoms with Gasteiger partial charge in [-0.25, -0.2) is 15.0 Å². The number of aliphatic hydroxyl groups excluding tert-OH is 2. The summed E-state index contributed by atoms with van der Waals surface area (Å²) >= 11 is 0. The van der Waals surface area contributed by atoms with E-state index in [0.717, 1.165) is 24.4 Å². The summed E-state index contributed by atoms with van der Waals surface area (Å²) < 4.78 is 7.32. The molecule has 1 unspecified atom stereocenters. The minimum Gasteiger partial charge on any atom is -0.388 e. The Balaban J connectivity index is 0.00000176. The topological polar surface area (TPSA) is 93.3 Å². The average molecular weight is 308 g/mol. The highest BCUT2D eigenvalue weighted by atomic mass is 16.6. The molecule has 0 aliphatic carbocycles. The van der Waals surface area contributed by atoms with Gasteiger partial charge in [0.05, 0.1) is 18.1 Å². The lowest BCUT2D eigenvalue weighted by Crippen LogP contribution is -2.30. The lowest BCUT2D eigenvalue weighted by Gasteiger charge is -2.16. The van der Waals surface area contributed by atoms with Crippen LogP contribution in [0.4, 0.5) is 0 Å². The van der Waals surface area contributed by atoms with Crippen molar-refractivity contribution < 1.29 is 14.9 Å². The number of hydrogen-bond donors (Lipinski definition) is 2. The van der Waals surface area contributed by atoms with E-state index in [1.54, 1.807) is 17.8 Å². The molecule has 7 nitrogen and oxygen atoms in total. The Hall–Kier alpha value is -1.57. The lowest BCUT2D eigenvalue weighted by molar-refractivity contribution is -0.0299. The Bertz CT molecular complexity index is 658. The SMILES string of the molecule is C.CCCc1nc(C)c2ncn([C@@H]3O[C@H](C)[C@H](O)C3O)c2n1. The molecule has 0 bridgehead atoms. The van der Waals surface area contributed by atoms with Gasteiger partial charge in [-0.05, 0) is 20.3 Å². The van der Waals surface area contributed by atoms with E-state index in [9.17, 15) is 10.2 Å². The Morgan fingerprint density at radius 3 is 2.59 bits per heavy atom. The second-order valence-electron chi connectivity index (χ2n) is 5.51. The third kappa shape index (κ3) is 2.60. The molecule has 7 heteroatoms. The van der Waals surface area contributed by atoms with Gasteiger partial charge in [-0.1, -0.05) is 14.4 Å². The first-order valence-corrected chi connectivity index (χ1v) is 7.24. The van der Waals surface area contributed by atoms with Crippen molar-refractivity contribution in [3.05, 3.63) is 17.8 Å². The van der Waals surface area contributed by atoms with Crippen molar-refractivity contribution in [1.29, 1.82) is 0 Å². The van der Waals surface area contributed by atoms with Crippen molar-refractivity contribution in [3.63, 3.8) is 0 Å². The van der Waals surface area contributed by atoms with E-state index in [2.05, 4.69) is 21.9 Å². The molecule has 0 amide bonds. The molecule has 1 fully saturated rings. The van der Waals surface area contributed by atoms with E-state index in [1.807, 2.05) is 6.92 Å². The number of rotatable bonds is 3. The largest absolute Gasteiger partial charge is 0.388 e. The van der Waals surface area contributed by atoms with Crippen LogP contribution >= 0.6 is 0 Å². The average Bonchev–Trinajstić information content (AvgIpc) is 2.96. The molecule has 2 N–H and O–H groups in total. The predicted molar refractivity (Wildman–Crippen MR) is 82.4 cm³/mol. The van der Waals surface area contributed by atoms with E-state index in [-0.39, 0.29) is 7.43 Å². The fraction of sp³-hybridized carbons (Fsp3) is 0.667. The molecule has 1 aliphatic heterocycles. The van der Waals surface area contributed by atoms with Gasteiger partial charge in [0.1, 0.15) is 23.5 Å². The van der Waals surface area contributed by atoms with Crippen molar-refractivity contribution in [3.8, 4) is 0 Å². The van der Waals surface area contributed by atoms with Gasteiger partial charge in [-0.3, -0.25) is 4.57 Å². The van der Waals surface area contributed by atoms with Crippen LogP contribution in [0.1, 0.15) is 45.4 Å². The maximum absolute atomic E-state index is 10.1. The van der Waals surface area contributed by atoms with Crippen LogP contribution in [0.3, 0.4) is 0 Å². The van der Waals surface area contributed by atoms with Crippen LogP contribution in [0.25, 0.3) is 11.2 Å². The fourth-order valence-electron chi connectivity index (χ4n) is 2.69. The number of aliphatic hydroxyl groups is 2. The van der Waals surface area contributed by atoms with Gasteiger partial charge in [-0.15, -0.1) is 0 Å². The summed E-state index contributed by atoms with van der Waals surface area (Å²) in [7, 11) is 0. The molecule has 1 aliphatic rings. The second-order valence-corrected chi connectivity index (χ2v) is 5.51. The van der Waals surface area contributed by atoms with Crippen molar-refractivity contribution >= 4 is 11.2 Å². The summed E-state index contributed by atoms with van der Waals surface area (Å²) in [5.41, 5.74) is 2.14. The van der Waals surface area contributed by atoms with Crippen LogP contribution < -0.4 is 0 Å². The highest BCUT2D eigenvalue weighted by molar-refractivity contribution is 5.73. The highest BCUT2D eigenvalue weighted by Crippen LogP contribution is 2.31. The number of ether oxygens (including phenoxy) is 1. The summed E-state index contributed by atoms with van der Waals surface area (Å²) in [6.07, 6.45) is 0.310. The van der Waals surface area contributed by atoms with Crippen LogP contribution in [0, 0.1) is 6.92 Å². The van der Waals surface area contributed by atoms with Crippen molar-refractivity contribution in [2.75, 3.05) is 0 Å². The van der Waals surface area contributed by atoms with Gasteiger partial charge in [0.2, 0.25) is 0 Å². The van der Waals surface area contributed by atoms with Crippen molar-refractivity contribution in [1.82, 2.24) is 19.5 Å². The maximum Gasteiger partial charge on any atom is 0.166 e. The smallest absolute Gasteiger partial charge is 0.166 e. The zero-order valence-electron chi connectivity index (χ0n) is 12.4. The second kappa shape index (κ2) is 6.28. The third-order valence-corrected chi connectivity index (χ3v) is 3.87. The Morgan fingerprint density at radius 1 is 1.27 bits per heavy atom. The van der Waals surface area contributed by atoms with Gasteiger partial charge in [0, 0.05) is 6.42 Å². The Labute approximate surface area is 130 Å². The first-order valence-electron chi connectivity index (χ1n) is 7.24. The molecule has 122 valence electrons. The Kier molecular flexibility index (Phi) is 4.79. The summed E-state index contributed by atoms with van der Waals surface area (Å²) in [6, 6.07) is 0. The minimum atomic E-state index is -0.998. The van der Waals surface area contributed by atoms with E-state index < -0.39 is 24.5 Å². The lowest BCUT2D eigenvalue weighted by atomic mass is 10.1. The molecule has 22 heavy (non-hydrogen) atoms. The van der Waals surface area contributed by atoms with Crippen molar-refractivity contribution in [2.45, 2.75) is 65.6 Å². The molecule has 2 aromatic rings. The van der Waals surface area contributed by atoms with Gasteiger partial charge < -0.3 is 14.9 Å². The first-order chi connectivity index (χ1) is 10.0. The molecule has 1 saturated heterocycles. The minimum absolute atomic E-state index is 0. The monoisotopic (exact) mass is 308 g/mol. The van der Waals surface area contributed by atoms with Crippen LogP contribution in [-0.4, -0.2) is 48.0 Å². The van der Waals surface area contributed by atoms with Gasteiger partial charge in [0.25, 0.3) is 0 Å². The van der Waals surface area contributed by atoms with E-state index in [0.29, 0.717) is 11.2 Å². The molecule has 3 rings (SSSR count). The summed E-state index contributed by atoms with van der Waals surface area (Å²) in [4.78, 5) is 13.3. The maximum atomic E-state index is 10.1. The van der Waals surface area contributed by atoms with Crippen molar-refractivity contribution in [2.24, 2.45) is 0 Å². The summed E-state index contributed by atoms with van der Waals surface area (Å²) in [5, 5.41) is 20.0. The standard InChI is InChI=1S/C14H20N4O3.CH4/c1-4-5-9-16-7(2)10-13(17-9)18(6-15-10)14-12(20)11(19)8(3)21-14;/h6,8,11-12,14,19-20H,4-5H2,1-3H3;1H4/t8-,11+,12?,14-;/m1./s1. The number of aromatic nitrogens is 4. The molecule has 0 spiro atoms. The number of fused-ring (bicyclic) bond motifs is 1. The predicted octanol–water partition coefficient (Wildman–Crippen LogP) is 1.36. The molecule has 2 aromatic heterocycles. The molecular weight excluding hydrogens is 284 g/mol. The van der Waals surface area contributed by atoms with Crippen LogP contribution in [0.2, 0.25) is 0 Å². The van der Waals surface area contributed by atoms with Gasteiger partial charge in [0.15, 0.2) is 11.9 Å². The first kappa shape index (κ1) is 16.8. The molecule has 0 saturated carbocycles.